The predicted octanol–water partition coefficient (Wildman–Crippen LogP) is 5.36. The fraction of sp³-hybridized carbons (Fsp3) is 0.241. The number of nitrogens with one attached hydrogen (secondary N) is 1. The van der Waals surface area contributed by atoms with Crippen molar-refractivity contribution in [1.82, 2.24) is 4.98 Å². The number of anilines is 2. The lowest BCUT2D eigenvalue weighted by Gasteiger charge is -2.37. The quantitative estimate of drug-likeness (QED) is 0.326. The molecule has 2 aliphatic rings. The van der Waals surface area contributed by atoms with Crippen LogP contribution in [-0.4, -0.2) is 36.8 Å². The molecule has 8 nitrogen and oxygen atoms in total. The molecule has 2 aromatic carbocycles. The van der Waals surface area contributed by atoms with E-state index >= 15 is 4.39 Å². The SMILES string of the molecule is C=CCOc1ccc(C2C3=C(CC(C)(C)CS3(=O)=O)Nc3c(O)cccc3N2C(=O)c2ccccn2)c(F)c1. The third kappa shape index (κ3) is 4.87. The second-order valence-corrected chi connectivity index (χ2v) is 12.3. The van der Waals surface area contributed by atoms with Crippen LogP contribution in [0.15, 0.2) is 84.1 Å². The van der Waals surface area contributed by atoms with Crippen molar-refractivity contribution in [2.75, 3.05) is 22.6 Å². The summed E-state index contributed by atoms with van der Waals surface area (Å²) in [4.78, 5) is 19.4. The van der Waals surface area contributed by atoms with E-state index in [1.165, 1.54) is 47.5 Å². The molecule has 0 saturated heterocycles. The molecule has 0 spiro atoms. The van der Waals surface area contributed by atoms with Crippen LogP contribution in [-0.2, 0) is 9.84 Å². The van der Waals surface area contributed by atoms with Crippen molar-refractivity contribution in [3.8, 4) is 11.5 Å². The zero-order chi connectivity index (χ0) is 27.9. The number of aromatic nitrogens is 1. The van der Waals surface area contributed by atoms with Crippen molar-refractivity contribution in [2.45, 2.75) is 26.3 Å². The van der Waals surface area contributed by atoms with E-state index in [2.05, 4.69) is 16.9 Å². The van der Waals surface area contributed by atoms with Gasteiger partial charge in [0, 0.05) is 23.5 Å². The molecule has 2 aliphatic heterocycles. The van der Waals surface area contributed by atoms with E-state index in [0.717, 1.165) is 6.07 Å². The summed E-state index contributed by atoms with van der Waals surface area (Å²) >= 11 is 0. The maximum absolute atomic E-state index is 15.9. The van der Waals surface area contributed by atoms with Gasteiger partial charge in [0.2, 0.25) is 0 Å². The molecule has 1 atom stereocenters. The number of rotatable bonds is 5. The number of benzene rings is 2. The summed E-state index contributed by atoms with van der Waals surface area (Å²) in [6.07, 6.45) is 3.26. The number of amides is 1. The van der Waals surface area contributed by atoms with Crippen LogP contribution in [0.25, 0.3) is 0 Å². The molecule has 1 unspecified atom stereocenters. The Bertz CT molecular complexity index is 1600. The molecule has 0 saturated carbocycles. The molecule has 1 aromatic heterocycles. The lowest BCUT2D eigenvalue weighted by molar-refractivity contribution is 0.0975. The number of halogens is 1. The average molecular weight is 550 g/mol. The fourth-order valence-corrected chi connectivity index (χ4v) is 7.55. The highest BCUT2D eigenvalue weighted by Gasteiger charge is 2.48. The summed E-state index contributed by atoms with van der Waals surface area (Å²) in [5.74, 6) is -1.57. The van der Waals surface area contributed by atoms with E-state index in [9.17, 15) is 18.3 Å². The van der Waals surface area contributed by atoms with Gasteiger partial charge in [-0.15, -0.1) is 0 Å². The van der Waals surface area contributed by atoms with E-state index in [0.29, 0.717) is 12.1 Å². The van der Waals surface area contributed by atoms with Crippen LogP contribution in [0.5, 0.6) is 11.5 Å². The lowest BCUT2D eigenvalue weighted by atomic mass is 9.88. The van der Waals surface area contributed by atoms with Gasteiger partial charge in [0.15, 0.2) is 9.84 Å². The lowest BCUT2D eigenvalue weighted by Crippen LogP contribution is -2.41. The number of aromatic hydroxyl groups is 1. The Morgan fingerprint density at radius 1 is 1.26 bits per heavy atom. The van der Waals surface area contributed by atoms with Crippen LogP contribution >= 0.6 is 0 Å². The Balaban J connectivity index is 1.83. The van der Waals surface area contributed by atoms with Crippen molar-refractivity contribution >= 4 is 27.1 Å². The number of sulfone groups is 1. The minimum atomic E-state index is -4.02. The van der Waals surface area contributed by atoms with Gasteiger partial charge in [0.25, 0.3) is 5.91 Å². The highest BCUT2D eigenvalue weighted by molar-refractivity contribution is 7.95. The number of allylic oxidation sites excluding steroid dienone is 1. The number of hydrogen-bond acceptors (Lipinski definition) is 7. The molecule has 0 radical (unpaired) electrons. The smallest absolute Gasteiger partial charge is 0.277 e. The summed E-state index contributed by atoms with van der Waals surface area (Å²) < 4.78 is 49.3. The number of hydrogen-bond donors (Lipinski definition) is 2. The van der Waals surface area contributed by atoms with Crippen molar-refractivity contribution in [3.63, 3.8) is 0 Å². The molecule has 2 N–H and O–H groups in total. The van der Waals surface area contributed by atoms with Crippen molar-refractivity contribution in [2.24, 2.45) is 5.41 Å². The zero-order valence-electron chi connectivity index (χ0n) is 21.5. The van der Waals surface area contributed by atoms with Crippen LogP contribution < -0.4 is 15.0 Å². The van der Waals surface area contributed by atoms with E-state index < -0.39 is 33.0 Å². The number of phenolic OH excluding ortho intramolecular Hbond substituents is 1. The van der Waals surface area contributed by atoms with Gasteiger partial charge in [-0.1, -0.05) is 38.6 Å². The van der Waals surface area contributed by atoms with Gasteiger partial charge in [-0.2, -0.15) is 0 Å². The molecule has 0 bridgehead atoms. The number of ether oxygens (including phenoxy) is 1. The van der Waals surface area contributed by atoms with Gasteiger partial charge >= 0.3 is 0 Å². The number of fused-ring (bicyclic) bond motifs is 1. The van der Waals surface area contributed by atoms with Crippen LogP contribution in [0.2, 0.25) is 0 Å². The molecule has 3 aromatic rings. The third-order valence-corrected chi connectivity index (χ3v) is 8.97. The average Bonchev–Trinajstić information content (AvgIpc) is 3.02. The van der Waals surface area contributed by atoms with E-state index in [1.807, 2.05) is 13.8 Å². The molecule has 0 fully saturated rings. The molecule has 0 aliphatic carbocycles. The highest BCUT2D eigenvalue weighted by atomic mass is 32.2. The molecule has 3 heterocycles. The maximum Gasteiger partial charge on any atom is 0.277 e. The van der Waals surface area contributed by atoms with Crippen LogP contribution in [0.1, 0.15) is 42.4 Å². The topological polar surface area (TPSA) is 109 Å². The third-order valence-electron chi connectivity index (χ3n) is 6.67. The van der Waals surface area contributed by atoms with Crippen LogP contribution in [0, 0.1) is 11.2 Å². The number of para-hydroxylation sites is 1. The number of nitrogens with zero attached hydrogens (tertiary/aromatic N) is 2. The first-order valence-corrected chi connectivity index (χ1v) is 14.0. The van der Waals surface area contributed by atoms with Gasteiger partial charge in [0.05, 0.1) is 16.3 Å². The van der Waals surface area contributed by atoms with Crippen molar-refractivity contribution in [1.29, 1.82) is 0 Å². The number of pyridine rings is 1. The first-order valence-electron chi connectivity index (χ1n) is 12.3. The molecular formula is C29H28FN3O5S. The van der Waals surface area contributed by atoms with Gasteiger partial charge in [-0.05, 0) is 48.2 Å². The largest absolute Gasteiger partial charge is 0.506 e. The molecule has 202 valence electrons. The van der Waals surface area contributed by atoms with E-state index in [4.69, 9.17) is 4.74 Å². The van der Waals surface area contributed by atoms with E-state index in [-0.39, 0.29) is 51.4 Å². The summed E-state index contributed by atoms with van der Waals surface area (Å²) in [6.45, 7) is 7.39. The first kappa shape index (κ1) is 26.4. The summed E-state index contributed by atoms with van der Waals surface area (Å²) in [7, 11) is -4.02. The Morgan fingerprint density at radius 3 is 2.74 bits per heavy atom. The molecule has 39 heavy (non-hydrogen) atoms. The Kier molecular flexibility index (Phi) is 6.67. The first-order chi connectivity index (χ1) is 18.5. The monoisotopic (exact) mass is 549 g/mol. The number of carbonyl (C=O) groups excluding carboxylic acids is 1. The van der Waals surface area contributed by atoms with Gasteiger partial charge in [-0.3, -0.25) is 14.7 Å². The standard InChI is InChI=1S/C29H28FN3O5S/c1-4-14-38-18-11-12-19(20(30)15-18)26-27-22(16-29(2,3)17-39(27,36)37)32-25-23(9-7-10-24(25)34)33(26)28(35)21-8-5-6-13-31-21/h4-13,15,26,32,34H,1,14,16-17H2,2-3H3. The second-order valence-electron chi connectivity index (χ2n) is 10.3. The number of carbonyl (C=O) groups is 1. The summed E-state index contributed by atoms with van der Waals surface area (Å²) in [6, 6.07) is 12.0. The van der Waals surface area contributed by atoms with E-state index in [1.54, 1.807) is 18.2 Å². The van der Waals surface area contributed by atoms with Gasteiger partial charge in [-0.25, -0.2) is 12.8 Å². The molecular weight excluding hydrogens is 521 g/mol. The predicted molar refractivity (Wildman–Crippen MR) is 147 cm³/mol. The van der Waals surface area contributed by atoms with Crippen molar-refractivity contribution < 1.29 is 27.4 Å². The minimum Gasteiger partial charge on any atom is -0.506 e. The minimum absolute atomic E-state index is 0.0284. The molecule has 10 heteroatoms. The fourth-order valence-electron chi connectivity index (χ4n) is 5.20. The second kappa shape index (κ2) is 9.85. The van der Waals surface area contributed by atoms with Crippen LogP contribution in [0.4, 0.5) is 15.8 Å². The molecule has 1 amide bonds. The Hall–Kier alpha value is -4.18. The number of phenols is 1. The Labute approximate surface area is 226 Å². The van der Waals surface area contributed by atoms with Crippen LogP contribution in [0.3, 0.4) is 0 Å². The maximum atomic E-state index is 15.9. The van der Waals surface area contributed by atoms with Gasteiger partial charge < -0.3 is 15.2 Å². The normalized spacial score (nSPS) is 19.3. The zero-order valence-corrected chi connectivity index (χ0v) is 22.3. The van der Waals surface area contributed by atoms with Crippen molar-refractivity contribution in [3.05, 3.63) is 101 Å². The van der Waals surface area contributed by atoms with Gasteiger partial charge in [0.1, 0.15) is 41.3 Å². The Morgan fingerprint density at radius 2 is 2.05 bits per heavy atom. The highest BCUT2D eigenvalue weighted by Crippen LogP contribution is 2.51. The summed E-state index contributed by atoms with van der Waals surface area (Å²) in [5.41, 5.74) is -0.0390. The molecule has 5 rings (SSSR count). The summed E-state index contributed by atoms with van der Waals surface area (Å²) in [5, 5.41) is 14.0.